The number of aliphatic carboxylic acids is 1. The van der Waals surface area contributed by atoms with Crippen LogP contribution in [-0.2, 0) is 9.59 Å². The molecule has 1 atom stereocenters. The summed E-state index contributed by atoms with van der Waals surface area (Å²) in [7, 11) is 0. The van der Waals surface area contributed by atoms with E-state index in [-0.39, 0.29) is 11.7 Å². The number of carbonyl (C=O) groups excluding carboxylic acids is 1. The molecule has 0 aliphatic carbocycles. The van der Waals surface area contributed by atoms with Gasteiger partial charge in [0.1, 0.15) is 6.04 Å². The lowest BCUT2D eigenvalue weighted by Gasteiger charge is -2.12. The first-order valence-corrected chi connectivity index (χ1v) is 6.09. The van der Waals surface area contributed by atoms with Crippen LogP contribution in [0.2, 0.25) is 5.02 Å². The number of hydrogen-bond donors (Lipinski definition) is 2. The summed E-state index contributed by atoms with van der Waals surface area (Å²) < 4.78 is 0. The summed E-state index contributed by atoms with van der Waals surface area (Å²) in [6.07, 6.45) is 3.06. The maximum absolute atomic E-state index is 10.9. The van der Waals surface area contributed by atoms with E-state index >= 15 is 0 Å². The molecule has 92 valence electrons. The number of carboxylic acid groups (broad SMARTS) is 1. The maximum atomic E-state index is 10.9. The van der Waals surface area contributed by atoms with Crippen molar-refractivity contribution >= 4 is 35.2 Å². The summed E-state index contributed by atoms with van der Waals surface area (Å²) in [5, 5.41) is 11.7. The SMILES string of the molecule is CC(=O)NC(CSc1ccncc1Cl)C(=O)O. The molecule has 1 aromatic heterocycles. The van der Waals surface area contributed by atoms with Crippen molar-refractivity contribution in [2.75, 3.05) is 5.75 Å². The zero-order valence-corrected chi connectivity index (χ0v) is 10.6. The fourth-order valence-electron chi connectivity index (χ4n) is 1.07. The predicted molar refractivity (Wildman–Crippen MR) is 65.2 cm³/mol. The largest absolute Gasteiger partial charge is 0.480 e. The van der Waals surface area contributed by atoms with Gasteiger partial charge in [-0.2, -0.15) is 0 Å². The Bertz CT molecular complexity index is 428. The number of nitrogens with zero attached hydrogens (tertiary/aromatic N) is 1. The topological polar surface area (TPSA) is 79.3 Å². The van der Waals surface area contributed by atoms with E-state index in [2.05, 4.69) is 10.3 Å². The number of amides is 1. The first kappa shape index (κ1) is 13.8. The summed E-state index contributed by atoms with van der Waals surface area (Å²) >= 11 is 7.13. The molecule has 0 aliphatic heterocycles. The highest BCUT2D eigenvalue weighted by molar-refractivity contribution is 7.99. The fourth-order valence-corrected chi connectivity index (χ4v) is 2.28. The molecule has 1 amide bonds. The van der Waals surface area contributed by atoms with E-state index in [4.69, 9.17) is 16.7 Å². The highest BCUT2D eigenvalue weighted by Crippen LogP contribution is 2.26. The van der Waals surface area contributed by atoms with Crippen molar-refractivity contribution in [1.82, 2.24) is 10.3 Å². The molecule has 2 N–H and O–H groups in total. The number of nitrogens with one attached hydrogen (secondary N) is 1. The van der Waals surface area contributed by atoms with Crippen molar-refractivity contribution in [2.24, 2.45) is 0 Å². The van der Waals surface area contributed by atoms with E-state index in [1.54, 1.807) is 12.3 Å². The first-order chi connectivity index (χ1) is 8.00. The lowest BCUT2D eigenvalue weighted by Crippen LogP contribution is -2.41. The van der Waals surface area contributed by atoms with E-state index in [9.17, 15) is 9.59 Å². The van der Waals surface area contributed by atoms with Crippen molar-refractivity contribution in [3.8, 4) is 0 Å². The minimum atomic E-state index is -1.07. The van der Waals surface area contributed by atoms with Gasteiger partial charge in [-0.25, -0.2) is 4.79 Å². The van der Waals surface area contributed by atoms with Crippen molar-refractivity contribution in [3.63, 3.8) is 0 Å². The lowest BCUT2D eigenvalue weighted by molar-refractivity contribution is -0.140. The number of hydrogen-bond acceptors (Lipinski definition) is 4. The van der Waals surface area contributed by atoms with Crippen molar-refractivity contribution < 1.29 is 14.7 Å². The molecule has 5 nitrogen and oxygen atoms in total. The van der Waals surface area contributed by atoms with Crippen LogP contribution in [0.4, 0.5) is 0 Å². The average Bonchev–Trinajstić information content (AvgIpc) is 2.25. The lowest BCUT2D eigenvalue weighted by atomic mass is 10.3. The molecule has 0 saturated heterocycles. The van der Waals surface area contributed by atoms with Gasteiger partial charge in [0.25, 0.3) is 0 Å². The highest BCUT2D eigenvalue weighted by atomic mass is 35.5. The second-order valence-corrected chi connectivity index (χ2v) is 4.68. The first-order valence-electron chi connectivity index (χ1n) is 4.73. The average molecular weight is 275 g/mol. The van der Waals surface area contributed by atoms with Gasteiger partial charge in [0, 0.05) is 30.0 Å². The van der Waals surface area contributed by atoms with Crippen molar-refractivity contribution in [1.29, 1.82) is 0 Å². The summed E-state index contributed by atoms with van der Waals surface area (Å²) in [6, 6.07) is 0.765. The number of carboxylic acids is 1. The maximum Gasteiger partial charge on any atom is 0.327 e. The Morgan fingerprint density at radius 3 is 2.88 bits per heavy atom. The molecule has 7 heteroatoms. The third kappa shape index (κ3) is 4.62. The van der Waals surface area contributed by atoms with Gasteiger partial charge in [-0.1, -0.05) is 11.6 Å². The molecule has 1 aromatic rings. The predicted octanol–water partition coefficient (Wildman–Crippen LogP) is 1.42. The summed E-state index contributed by atoms with van der Waals surface area (Å²) in [5.41, 5.74) is 0. The Morgan fingerprint density at radius 1 is 1.65 bits per heavy atom. The van der Waals surface area contributed by atoms with E-state index in [0.29, 0.717) is 5.02 Å². The van der Waals surface area contributed by atoms with Gasteiger partial charge in [0.2, 0.25) is 5.91 Å². The fraction of sp³-hybridized carbons (Fsp3) is 0.300. The Hall–Kier alpha value is -1.27. The van der Waals surface area contributed by atoms with Crippen molar-refractivity contribution in [3.05, 3.63) is 23.5 Å². The zero-order chi connectivity index (χ0) is 12.8. The number of halogens is 1. The van der Waals surface area contributed by atoms with Gasteiger partial charge in [-0.3, -0.25) is 9.78 Å². The molecule has 0 radical (unpaired) electrons. The second-order valence-electron chi connectivity index (χ2n) is 3.21. The van der Waals surface area contributed by atoms with Crippen LogP contribution in [0, 0.1) is 0 Å². The standard InChI is InChI=1S/C10H11ClN2O3S/c1-6(14)13-8(10(15)16)5-17-9-2-3-12-4-7(9)11/h2-4,8H,5H2,1H3,(H,13,14)(H,15,16). The number of carbonyl (C=O) groups is 2. The highest BCUT2D eigenvalue weighted by Gasteiger charge is 2.18. The molecule has 0 bridgehead atoms. The van der Waals surface area contributed by atoms with Gasteiger partial charge in [-0.15, -0.1) is 11.8 Å². The number of thioether (sulfide) groups is 1. The van der Waals surface area contributed by atoms with Gasteiger partial charge < -0.3 is 10.4 Å². The van der Waals surface area contributed by atoms with E-state index < -0.39 is 12.0 Å². The molecule has 0 fully saturated rings. The van der Waals surface area contributed by atoms with Gasteiger partial charge in [0.05, 0.1) is 5.02 Å². The molecular weight excluding hydrogens is 264 g/mol. The minimum absolute atomic E-state index is 0.207. The van der Waals surface area contributed by atoms with E-state index in [0.717, 1.165) is 4.90 Å². The molecule has 1 unspecified atom stereocenters. The normalized spacial score (nSPS) is 11.9. The van der Waals surface area contributed by atoms with Gasteiger partial charge in [0.15, 0.2) is 0 Å². The number of rotatable bonds is 5. The molecule has 0 aliphatic rings. The summed E-state index contributed by atoms with van der Waals surface area (Å²) in [4.78, 5) is 26.2. The van der Waals surface area contributed by atoms with Crippen LogP contribution in [-0.4, -0.2) is 33.8 Å². The monoisotopic (exact) mass is 274 g/mol. The molecule has 17 heavy (non-hydrogen) atoms. The van der Waals surface area contributed by atoms with Crippen LogP contribution in [0.1, 0.15) is 6.92 Å². The smallest absolute Gasteiger partial charge is 0.327 e. The number of pyridine rings is 1. The summed E-state index contributed by atoms with van der Waals surface area (Å²) in [5.74, 6) is -1.24. The second kappa shape index (κ2) is 6.46. The third-order valence-corrected chi connectivity index (χ3v) is 3.40. The van der Waals surface area contributed by atoms with Crippen LogP contribution in [0.15, 0.2) is 23.4 Å². The van der Waals surface area contributed by atoms with Crippen LogP contribution in [0.25, 0.3) is 0 Å². The van der Waals surface area contributed by atoms with Gasteiger partial charge in [-0.05, 0) is 6.07 Å². The quantitative estimate of drug-likeness (QED) is 0.794. The molecule has 0 aromatic carbocycles. The van der Waals surface area contributed by atoms with E-state index in [1.165, 1.54) is 24.9 Å². The Kier molecular flexibility index (Phi) is 5.24. The Morgan fingerprint density at radius 2 is 2.35 bits per heavy atom. The molecule has 1 heterocycles. The van der Waals surface area contributed by atoms with Crippen molar-refractivity contribution in [2.45, 2.75) is 17.9 Å². The Balaban J connectivity index is 2.61. The van der Waals surface area contributed by atoms with Gasteiger partial charge >= 0.3 is 5.97 Å². The van der Waals surface area contributed by atoms with Crippen LogP contribution in [0.5, 0.6) is 0 Å². The number of aromatic nitrogens is 1. The minimum Gasteiger partial charge on any atom is -0.480 e. The summed E-state index contributed by atoms with van der Waals surface area (Å²) in [6.45, 7) is 1.28. The molecular formula is C10H11ClN2O3S. The van der Waals surface area contributed by atoms with Crippen LogP contribution >= 0.6 is 23.4 Å². The Labute approximate surface area is 108 Å². The molecule has 0 spiro atoms. The molecule has 0 saturated carbocycles. The third-order valence-electron chi connectivity index (χ3n) is 1.82. The van der Waals surface area contributed by atoms with E-state index in [1.807, 2.05) is 0 Å². The zero-order valence-electron chi connectivity index (χ0n) is 9.01. The van der Waals surface area contributed by atoms with Crippen LogP contribution in [0.3, 0.4) is 0 Å². The van der Waals surface area contributed by atoms with Crippen LogP contribution < -0.4 is 5.32 Å². The molecule has 1 rings (SSSR count).